The van der Waals surface area contributed by atoms with Crippen molar-refractivity contribution in [3.8, 4) is 0 Å². The normalized spacial score (nSPS) is 18.4. The van der Waals surface area contributed by atoms with Crippen LogP contribution in [0.25, 0.3) is 0 Å². The molecule has 1 aliphatic rings. The second-order valence-corrected chi connectivity index (χ2v) is 3.85. The third-order valence-corrected chi connectivity index (χ3v) is 2.44. The number of hydrogen-bond acceptors (Lipinski definition) is 3. The Balaban J connectivity index is 1.93. The molecule has 2 rings (SSSR count). The van der Waals surface area contributed by atoms with Crippen LogP contribution in [0.4, 0.5) is 4.39 Å². The van der Waals surface area contributed by atoms with Gasteiger partial charge >= 0.3 is 0 Å². The largest absolute Gasteiger partial charge is 0.330 e. The molecule has 5 heteroatoms. The first-order valence-electron chi connectivity index (χ1n) is 5.03. The van der Waals surface area contributed by atoms with Crippen molar-refractivity contribution < 1.29 is 4.39 Å². The highest BCUT2D eigenvalue weighted by molar-refractivity contribution is 4.97. The average Bonchev–Trinajstić information content (AvgIpc) is 2.82. The third kappa shape index (κ3) is 2.29. The van der Waals surface area contributed by atoms with Crippen LogP contribution < -0.4 is 5.73 Å². The van der Waals surface area contributed by atoms with Crippen molar-refractivity contribution in [2.45, 2.75) is 32.0 Å². The molecule has 1 unspecified atom stereocenters. The summed E-state index contributed by atoms with van der Waals surface area (Å²) in [5, 5.41) is 7.68. The molecule has 78 valence electrons. The zero-order chi connectivity index (χ0) is 9.97. The van der Waals surface area contributed by atoms with Crippen LogP contribution in [0.15, 0.2) is 6.20 Å². The second-order valence-electron chi connectivity index (χ2n) is 3.85. The number of alkyl halides is 1. The lowest BCUT2D eigenvalue weighted by Crippen LogP contribution is -2.04. The van der Waals surface area contributed by atoms with Gasteiger partial charge < -0.3 is 5.73 Å². The van der Waals surface area contributed by atoms with E-state index in [2.05, 4.69) is 10.3 Å². The Morgan fingerprint density at radius 3 is 3.07 bits per heavy atom. The Morgan fingerprint density at radius 1 is 1.64 bits per heavy atom. The molecule has 0 amide bonds. The lowest BCUT2D eigenvalue weighted by Gasteiger charge is -2.00. The van der Waals surface area contributed by atoms with Gasteiger partial charge in [0.15, 0.2) is 0 Å². The van der Waals surface area contributed by atoms with E-state index >= 15 is 0 Å². The molecule has 1 heterocycles. The summed E-state index contributed by atoms with van der Waals surface area (Å²) in [5.74, 6) is 0.733. The highest BCUT2D eigenvalue weighted by atomic mass is 19.1. The molecule has 0 aliphatic heterocycles. The first kappa shape index (κ1) is 9.58. The standard InChI is InChI=1S/C9H15FN4/c10-8(3-4-11)9-6-14(13-12-9)5-7-1-2-7/h6-8H,1-5,11H2. The lowest BCUT2D eigenvalue weighted by molar-refractivity contribution is 0.320. The molecule has 1 aliphatic carbocycles. The summed E-state index contributed by atoms with van der Waals surface area (Å²) in [6.45, 7) is 1.22. The van der Waals surface area contributed by atoms with E-state index < -0.39 is 6.17 Å². The van der Waals surface area contributed by atoms with Gasteiger partial charge in [-0.25, -0.2) is 4.39 Å². The van der Waals surface area contributed by atoms with Crippen molar-refractivity contribution in [1.29, 1.82) is 0 Å². The summed E-state index contributed by atoms with van der Waals surface area (Å²) in [7, 11) is 0. The van der Waals surface area contributed by atoms with Crippen molar-refractivity contribution in [2.24, 2.45) is 11.7 Å². The molecule has 2 N–H and O–H groups in total. The number of nitrogens with two attached hydrogens (primary N) is 1. The van der Waals surface area contributed by atoms with Crippen LogP contribution in [-0.2, 0) is 6.54 Å². The molecule has 1 atom stereocenters. The minimum Gasteiger partial charge on any atom is -0.330 e. The Labute approximate surface area is 82.3 Å². The van der Waals surface area contributed by atoms with E-state index in [1.807, 2.05) is 0 Å². The van der Waals surface area contributed by atoms with Crippen LogP contribution in [0.5, 0.6) is 0 Å². The summed E-state index contributed by atoms with van der Waals surface area (Å²) in [6, 6.07) is 0. The van der Waals surface area contributed by atoms with Crippen LogP contribution in [0, 0.1) is 5.92 Å². The van der Waals surface area contributed by atoms with E-state index in [1.54, 1.807) is 10.9 Å². The smallest absolute Gasteiger partial charge is 0.147 e. The number of aromatic nitrogens is 3. The average molecular weight is 198 g/mol. The van der Waals surface area contributed by atoms with Gasteiger partial charge in [-0.1, -0.05) is 5.21 Å². The molecule has 1 aromatic rings. The highest BCUT2D eigenvalue weighted by Gasteiger charge is 2.23. The van der Waals surface area contributed by atoms with Gasteiger partial charge in [-0.15, -0.1) is 5.10 Å². The fourth-order valence-corrected chi connectivity index (χ4v) is 1.41. The molecule has 0 aromatic carbocycles. The van der Waals surface area contributed by atoms with Gasteiger partial charge in [0.25, 0.3) is 0 Å². The van der Waals surface area contributed by atoms with Crippen LogP contribution in [0.3, 0.4) is 0 Å². The molecule has 0 spiro atoms. The number of halogens is 1. The van der Waals surface area contributed by atoms with Crippen LogP contribution in [0.2, 0.25) is 0 Å². The molecule has 1 fully saturated rings. The van der Waals surface area contributed by atoms with Crippen LogP contribution in [-0.4, -0.2) is 21.5 Å². The number of rotatable bonds is 5. The monoisotopic (exact) mass is 198 g/mol. The maximum Gasteiger partial charge on any atom is 0.147 e. The van der Waals surface area contributed by atoms with E-state index in [0.717, 1.165) is 12.5 Å². The van der Waals surface area contributed by atoms with Gasteiger partial charge in [0.2, 0.25) is 0 Å². The molecule has 14 heavy (non-hydrogen) atoms. The molecular weight excluding hydrogens is 183 g/mol. The maximum atomic E-state index is 13.3. The summed E-state index contributed by atoms with van der Waals surface area (Å²) in [4.78, 5) is 0. The second kappa shape index (κ2) is 4.04. The SMILES string of the molecule is NCCC(F)c1cn(CC2CC2)nn1. The third-order valence-electron chi connectivity index (χ3n) is 2.44. The summed E-state index contributed by atoms with van der Waals surface area (Å²) in [6.07, 6.45) is 3.47. The minimum absolute atomic E-state index is 0.322. The maximum absolute atomic E-state index is 13.3. The Bertz CT molecular complexity index is 295. The van der Waals surface area contributed by atoms with Gasteiger partial charge in [0.1, 0.15) is 11.9 Å². The van der Waals surface area contributed by atoms with E-state index in [0.29, 0.717) is 18.7 Å². The van der Waals surface area contributed by atoms with Crippen LogP contribution in [0.1, 0.15) is 31.1 Å². The van der Waals surface area contributed by atoms with Crippen LogP contribution >= 0.6 is 0 Å². The predicted molar refractivity (Wildman–Crippen MR) is 50.3 cm³/mol. The number of nitrogens with zero attached hydrogens (tertiary/aromatic N) is 3. The van der Waals surface area contributed by atoms with Gasteiger partial charge in [0, 0.05) is 6.54 Å². The van der Waals surface area contributed by atoms with Gasteiger partial charge in [-0.3, -0.25) is 4.68 Å². The predicted octanol–water partition coefficient (Wildman–Crippen LogP) is 1.05. The molecule has 4 nitrogen and oxygen atoms in total. The molecule has 1 aromatic heterocycles. The van der Waals surface area contributed by atoms with Crippen molar-refractivity contribution in [2.75, 3.05) is 6.54 Å². The zero-order valence-electron chi connectivity index (χ0n) is 8.06. The first-order chi connectivity index (χ1) is 6.79. The minimum atomic E-state index is -1.06. The molecule has 0 bridgehead atoms. The summed E-state index contributed by atoms with van der Waals surface area (Å²) >= 11 is 0. The van der Waals surface area contributed by atoms with Crippen molar-refractivity contribution >= 4 is 0 Å². The fraction of sp³-hybridized carbons (Fsp3) is 0.778. The fourth-order valence-electron chi connectivity index (χ4n) is 1.41. The zero-order valence-corrected chi connectivity index (χ0v) is 8.06. The molecule has 0 saturated heterocycles. The molecule has 1 saturated carbocycles. The van der Waals surface area contributed by atoms with E-state index in [9.17, 15) is 4.39 Å². The summed E-state index contributed by atoms with van der Waals surface area (Å²) in [5.41, 5.74) is 5.68. The molecular formula is C9H15FN4. The number of hydrogen-bond donors (Lipinski definition) is 1. The summed E-state index contributed by atoms with van der Waals surface area (Å²) < 4.78 is 15.0. The quantitative estimate of drug-likeness (QED) is 0.769. The molecule has 0 radical (unpaired) electrons. The Hall–Kier alpha value is -0.970. The van der Waals surface area contributed by atoms with Gasteiger partial charge in [0.05, 0.1) is 6.20 Å². The van der Waals surface area contributed by atoms with Crippen molar-refractivity contribution in [3.05, 3.63) is 11.9 Å². The topological polar surface area (TPSA) is 56.7 Å². The van der Waals surface area contributed by atoms with E-state index in [-0.39, 0.29) is 0 Å². The van der Waals surface area contributed by atoms with Crippen molar-refractivity contribution in [3.63, 3.8) is 0 Å². The van der Waals surface area contributed by atoms with E-state index in [1.165, 1.54) is 12.8 Å². The van der Waals surface area contributed by atoms with Crippen molar-refractivity contribution in [1.82, 2.24) is 15.0 Å². The first-order valence-corrected chi connectivity index (χ1v) is 5.03. The Morgan fingerprint density at radius 2 is 2.43 bits per heavy atom. The highest BCUT2D eigenvalue weighted by Crippen LogP contribution is 2.30. The lowest BCUT2D eigenvalue weighted by atomic mass is 10.2. The van der Waals surface area contributed by atoms with Gasteiger partial charge in [-0.05, 0) is 31.7 Å². The van der Waals surface area contributed by atoms with Gasteiger partial charge in [-0.2, -0.15) is 0 Å². The van der Waals surface area contributed by atoms with E-state index in [4.69, 9.17) is 5.73 Å². The Kier molecular flexibility index (Phi) is 2.77.